The van der Waals surface area contributed by atoms with Crippen LogP contribution in [-0.4, -0.2) is 18.6 Å². The molecule has 3 nitrogen and oxygen atoms in total. The zero-order chi connectivity index (χ0) is 11.4. The van der Waals surface area contributed by atoms with E-state index in [1.54, 1.807) is 24.3 Å². The van der Waals surface area contributed by atoms with E-state index in [0.717, 1.165) is 25.1 Å². The molecule has 4 heteroatoms. The molecule has 1 aliphatic rings. The lowest BCUT2D eigenvalue weighted by Gasteiger charge is -2.09. The summed E-state index contributed by atoms with van der Waals surface area (Å²) >= 11 is 5.75. The van der Waals surface area contributed by atoms with E-state index in [9.17, 15) is 4.79 Å². The molecule has 1 aromatic rings. The zero-order valence-corrected chi connectivity index (χ0v) is 9.67. The highest BCUT2D eigenvalue weighted by Crippen LogP contribution is 2.17. The Bertz CT molecular complexity index is 358. The quantitative estimate of drug-likeness (QED) is 0.881. The Morgan fingerprint density at radius 1 is 1.44 bits per heavy atom. The molecule has 1 N–H and O–H groups in total. The third kappa shape index (κ3) is 3.22. The Morgan fingerprint density at radius 2 is 2.19 bits per heavy atom. The van der Waals surface area contributed by atoms with E-state index in [4.69, 9.17) is 16.3 Å². The van der Waals surface area contributed by atoms with Gasteiger partial charge in [0.25, 0.3) is 0 Å². The molecule has 1 unspecified atom stereocenters. The first-order valence-electron chi connectivity index (χ1n) is 5.41. The summed E-state index contributed by atoms with van der Waals surface area (Å²) in [6.07, 6.45) is 2.56. The summed E-state index contributed by atoms with van der Waals surface area (Å²) in [5.74, 6) is -0.00535. The summed E-state index contributed by atoms with van der Waals surface area (Å²) in [5, 5.41) is 3.48. The highest BCUT2D eigenvalue weighted by atomic mass is 35.5. The van der Waals surface area contributed by atoms with E-state index in [-0.39, 0.29) is 12.0 Å². The van der Waals surface area contributed by atoms with Crippen molar-refractivity contribution >= 4 is 23.2 Å². The molecule has 1 saturated heterocycles. The van der Waals surface area contributed by atoms with Crippen LogP contribution >= 0.6 is 11.6 Å². The monoisotopic (exact) mass is 239 g/mol. The second-order valence-corrected chi connectivity index (χ2v) is 4.33. The largest absolute Gasteiger partial charge is 0.378 e. The zero-order valence-electron chi connectivity index (χ0n) is 8.91. The summed E-state index contributed by atoms with van der Waals surface area (Å²) in [5.41, 5.74) is 0.771. The fraction of sp³-hybridized carbons (Fsp3) is 0.417. The van der Waals surface area contributed by atoms with Gasteiger partial charge in [-0.15, -0.1) is 0 Å². The lowest BCUT2D eigenvalue weighted by Crippen LogP contribution is -2.19. The third-order valence-corrected chi connectivity index (χ3v) is 2.82. The van der Waals surface area contributed by atoms with Gasteiger partial charge in [-0.2, -0.15) is 0 Å². The van der Waals surface area contributed by atoms with Gasteiger partial charge in [0.1, 0.15) is 0 Å². The van der Waals surface area contributed by atoms with E-state index in [1.807, 2.05) is 0 Å². The smallest absolute Gasteiger partial charge is 0.226 e. The van der Waals surface area contributed by atoms with Gasteiger partial charge >= 0.3 is 0 Å². The highest BCUT2D eigenvalue weighted by Gasteiger charge is 2.18. The van der Waals surface area contributed by atoms with Gasteiger partial charge in [-0.25, -0.2) is 0 Å². The molecule has 0 radical (unpaired) electrons. The number of rotatable bonds is 3. The Kier molecular flexibility index (Phi) is 3.80. The minimum atomic E-state index is -0.00535. The van der Waals surface area contributed by atoms with Gasteiger partial charge in [-0.3, -0.25) is 4.79 Å². The van der Waals surface area contributed by atoms with Crippen molar-refractivity contribution in [1.82, 2.24) is 0 Å². The lowest BCUT2D eigenvalue weighted by molar-refractivity contribution is -0.118. The van der Waals surface area contributed by atoms with Gasteiger partial charge in [-0.1, -0.05) is 11.6 Å². The second-order valence-electron chi connectivity index (χ2n) is 3.89. The van der Waals surface area contributed by atoms with E-state index >= 15 is 0 Å². The number of ether oxygens (including phenoxy) is 1. The molecule has 0 bridgehead atoms. The average Bonchev–Trinajstić information content (AvgIpc) is 2.74. The second kappa shape index (κ2) is 5.32. The van der Waals surface area contributed by atoms with E-state index in [1.165, 1.54) is 0 Å². The summed E-state index contributed by atoms with van der Waals surface area (Å²) in [4.78, 5) is 11.6. The van der Waals surface area contributed by atoms with Crippen molar-refractivity contribution in [1.29, 1.82) is 0 Å². The maximum atomic E-state index is 11.6. The SMILES string of the molecule is O=C(CC1CCCO1)Nc1ccc(Cl)cc1. The van der Waals surface area contributed by atoms with Gasteiger partial charge in [-0.05, 0) is 37.1 Å². The van der Waals surface area contributed by atoms with Gasteiger partial charge in [0, 0.05) is 17.3 Å². The predicted molar refractivity (Wildman–Crippen MR) is 63.7 cm³/mol. The van der Waals surface area contributed by atoms with Gasteiger partial charge < -0.3 is 10.1 Å². The summed E-state index contributed by atoms with van der Waals surface area (Å²) in [6.45, 7) is 0.777. The summed E-state index contributed by atoms with van der Waals surface area (Å²) < 4.78 is 5.40. The number of amides is 1. The van der Waals surface area contributed by atoms with Crippen LogP contribution in [0.1, 0.15) is 19.3 Å². The van der Waals surface area contributed by atoms with Crippen LogP contribution in [0.15, 0.2) is 24.3 Å². The number of anilines is 1. The first kappa shape index (κ1) is 11.4. The van der Waals surface area contributed by atoms with Crippen LogP contribution in [0.3, 0.4) is 0 Å². The molecule has 0 saturated carbocycles. The Morgan fingerprint density at radius 3 is 2.81 bits per heavy atom. The third-order valence-electron chi connectivity index (χ3n) is 2.57. The molecule has 1 heterocycles. The maximum Gasteiger partial charge on any atom is 0.226 e. The minimum absolute atomic E-state index is 0.00535. The molecule has 1 aromatic carbocycles. The molecule has 0 aliphatic carbocycles. The molecule has 0 spiro atoms. The van der Waals surface area contributed by atoms with Crippen LogP contribution in [0.2, 0.25) is 5.02 Å². The van der Waals surface area contributed by atoms with Crippen molar-refractivity contribution in [2.45, 2.75) is 25.4 Å². The molecule has 1 atom stereocenters. The molecule has 1 fully saturated rings. The van der Waals surface area contributed by atoms with Crippen LogP contribution in [0, 0.1) is 0 Å². The normalized spacial score (nSPS) is 19.7. The van der Waals surface area contributed by atoms with Crippen LogP contribution in [0.4, 0.5) is 5.69 Å². The number of carbonyl (C=O) groups excluding carboxylic acids is 1. The first-order chi connectivity index (χ1) is 7.74. The Balaban J connectivity index is 1.84. The number of halogens is 1. The predicted octanol–water partition coefficient (Wildman–Crippen LogP) is 2.85. The summed E-state index contributed by atoms with van der Waals surface area (Å²) in [7, 11) is 0. The standard InChI is InChI=1S/C12H14ClNO2/c13-9-3-5-10(6-4-9)14-12(15)8-11-2-1-7-16-11/h3-6,11H,1-2,7-8H2,(H,14,15). The lowest BCUT2D eigenvalue weighted by atomic mass is 10.2. The van der Waals surface area contributed by atoms with Crippen molar-refractivity contribution in [3.8, 4) is 0 Å². The number of hydrogen-bond acceptors (Lipinski definition) is 2. The van der Waals surface area contributed by atoms with Crippen molar-refractivity contribution < 1.29 is 9.53 Å². The van der Waals surface area contributed by atoms with Crippen molar-refractivity contribution in [2.24, 2.45) is 0 Å². The minimum Gasteiger partial charge on any atom is -0.378 e. The molecule has 1 amide bonds. The van der Waals surface area contributed by atoms with Crippen LogP contribution in [0.25, 0.3) is 0 Å². The number of hydrogen-bond donors (Lipinski definition) is 1. The fourth-order valence-electron chi connectivity index (χ4n) is 1.76. The van der Waals surface area contributed by atoms with Crippen LogP contribution in [-0.2, 0) is 9.53 Å². The van der Waals surface area contributed by atoms with E-state index in [0.29, 0.717) is 11.4 Å². The van der Waals surface area contributed by atoms with Crippen molar-refractivity contribution in [2.75, 3.05) is 11.9 Å². The molecule has 2 rings (SSSR count). The molecule has 1 aliphatic heterocycles. The average molecular weight is 240 g/mol. The van der Waals surface area contributed by atoms with Crippen LogP contribution in [0.5, 0.6) is 0 Å². The topological polar surface area (TPSA) is 38.3 Å². The van der Waals surface area contributed by atoms with Gasteiger partial charge in [0.2, 0.25) is 5.91 Å². The summed E-state index contributed by atoms with van der Waals surface area (Å²) in [6, 6.07) is 7.08. The molecular formula is C12H14ClNO2. The number of benzene rings is 1. The van der Waals surface area contributed by atoms with Gasteiger partial charge in [0.15, 0.2) is 0 Å². The molecular weight excluding hydrogens is 226 g/mol. The number of nitrogens with one attached hydrogen (secondary N) is 1. The van der Waals surface area contributed by atoms with Crippen LogP contribution < -0.4 is 5.32 Å². The molecule has 16 heavy (non-hydrogen) atoms. The van der Waals surface area contributed by atoms with Crippen molar-refractivity contribution in [3.05, 3.63) is 29.3 Å². The van der Waals surface area contributed by atoms with Gasteiger partial charge in [0.05, 0.1) is 12.5 Å². The van der Waals surface area contributed by atoms with E-state index < -0.39 is 0 Å². The first-order valence-corrected chi connectivity index (χ1v) is 5.79. The molecule has 0 aromatic heterocycles. The van der Waals surface area contributed by atoms with E-state index in [2.05, 4.69) is 5.32 Å². The number of carbonyl (C=O) groups is 1. The Labute approximate surface area is 99.7 Å². The fourth-order valence-corrected chi connectivity index (χ4v) is 1.88. The maximum absolute atomic E-state index is 11.6. The highest BCUT2D eigenvalue weighted by molar-refractivity contribution is 6.30. The Hall–Kier alpha value is -1.06. The molecule has 86 valence electrons. The van der Waals surface area contributed by atoms with Crippen molar-refractivity contribution in [3.63, 3.8) is 0 Å².